The second kappa shape index (κ2) is 8.56. The number of benzene rings is 1. The first-order valence-electron chi connectivity index (χ1n) is 10.9. The highest BCUT2D eigenvalue weighted by molar-refractivity contribution is 5.83. The molecule has 0 saturated heterocycles. The Kier molecular flexibility index (Phi) is 5.88. The quantitative estimate of drug-likeness (QED) is 0.618. The summed E-state index contributed by atoms with van der Waals surface area (Å²) in [5.41, 5.74) is 6.18. The molecule has 1 aromatic rings. The Morgan fingerprint density at radius 1 is 0.828 bits per heavy atom. The first-order chi connectivity index (χ1) is 14.0. The summed E-state index contributed by atoms with van der Waals surface area (Å²) in [6.45, 7) is 0.252. The molecule has 6 heteroatoms. The van der Waals surface area contributed by atoms with Crippen molar-refractivity contribution in [3.8, 4) is 0 Å². The summed E-state index contributed by atoms with van der Waals surface area (Å²) in [5.74, 6) is 1.93. The third kappa shape index (κ3) is 5.17. The summed E-state index contributed by atoms with van der Waals surface area (Å²) in [4.78, 5) is 36.3. The minimum atomic E-state index is -0.288. The molecule has 0 spiro atoms. The van der Waals surface area contributed by atoms with Crippen molar-refractivity contribution in [2.24, 2.45) is 23.2 Å². The van der Waals surface area contributed by atoms with Crippen molar-refractivity contribution < 1.29 is 14.4 Å². The molecular formula is C23H31N3O3. The summed E-state index contributed by atoms with van der Waals surface area (Å²) in [5, 5.41) is 2.74. The van der Waals surface area contributed by atoms with Gasteiger partial charge in [0.05, 0.1) is 6.42 Å². The zero-order chi connectivity index (χ0) is 20.3. The van der Waals surface area contributed by atoms with Gasteiger partial charge in [-0.2, -0.15) is 0 Å². The normalized spacial score (nSPS) is 29.3. The van der Waals surface area contributed by atoms with E-state index in [2.05, 4.69) is 16.2 Å². The minimum Gasteiger partial charge on any atom is -0.355 e. The smallest absolute Gasteiger partial charge is 0.240 e. The monoisotopic (exact) mass is 397 g/mol. The molecule has 5 rings (SSSR count). The van der Waals surface area contributed by atoms with Crippen molar-refractivity contribution >= 4 is 17.7 Å². The summed E-state index contributed by atoms with van der Waals surface area (Å²) in [6, 6.07) is 9.48. The second-order valence-corrected chi connectivity index (χ2v) is 9.45. The molecule has 4 aliphatic carbocycles. The van der Waals surface area contributed by atoms with Crippen molar-refractivity contribution in [1.29, 1.82) is 0 Å². The van der Waals surface area contributed by atoms with E-state index in [1.54, 1.807) is 0 Å². The van der Waals surface area contributed by atoms with Crippen molar-refractivity contribution in [3.05, 3.63) is 35.9 Å². The van der Waals surface area contributed by atoms with Crippen LogP contribution >= 0.6 is 0 Å². The SMILES string of the molecule is O=C(Cc1ccccc1)NCCC(=O)NNC(=O)CC12CC3CC(CC(C3)C1)C2. The highest BCUT2D eigenvalue weighted by atomic mass is 16.2. The van der Waals surface area contributed by atoms with Crippen molar-refractivity contribution in [2.75, 3.05) is 6.54 Å². The third-order valence-corrected chi connectivity index (χ3v) is 6.92. The maximum Gasteiger partial charge on any atom is 0.240 e. The van der Waals surface area contributed by atoms with Gasteiger partial charge in [0, 0.05) is 19.4 Å². The molecule has 29 heavy (non-hydrogen) atoms. The lowest BCUT2D eigenvalue weighted by Crippen LogP contribution is -2.50. The summed E-state index contributed by atoms with van der Waals surface area (Å²) in [6.07, 6.45) is 8.54. The van der Waals surface area contributed by atoms with Gasteiger partial charge < -0.3 is 5.32 Å². The van der Waals surface area contributed by atoms with E-state index in [9.17, 15) is 14.4 Å². The highest BCUT2D eigenvalue weighted by Crippen LogP contribution is 2.61. The maximum absolute atomic E-state index is 12.4. The number of hydrogen-bond donors (Lipinski definition) is 3. The molecule has 4 aliphatic rings. The standard InChI is InChI=1S/C23H31N3O3/c27-20(6-7-24-21(28)11-16-4-2-1-3-5-16)25-26-22(29)15-23-12-17-8-18(13-23)10-19(9-17)14-23/h1-5,17-19H,6-15H2,(H,24,28)(H,25,27)(H,26,29). The van der Waals surface area contributed by atoms with Gasteiger partial charge in [0.2, 0.25) is 17.7 Å². The maximum atomic E-state index is 12.4. The van der Waals surface area contributed by atoms with Gasteiger partial charge >= 0.3 is 0 Å². The van der Waals surface area contributed by atoms with Gasteiger partial charge in [0.1, 0.15) is 0 Å². The predicted molar refractivity (Wildman–Crippen MR) is 109 cm³/mol. The zero-order valence-electron chi connectivity index (χ0n) is 16.9. The van der Waals surface area contributed by atoms with Crippen LogP contribution in [0.5, 0.6) is 0 Å². The summed E-state index contributed by atoms with van der Waals surface area (Å²) in [7, 11) is 0. The Morgan fingerprint density at radius 3 is 2.03 bits per heavy atom. The zero-order valence-corrected chi connectivity index (χ0v) is 16.9. The molecular weight excluding hydrogens is 366 g/mol. The fourth-order valence-corrected chi connectivity index (χ4v) is 6.25. The van der Waals surface area contributed by atoms with Gasteiger partial charge in [-0.15, -0.1) is 0 Å². The lowest BCUT2D eigenvalue weighted by Gasteiger charge is -2.56. The van der Waals surface area contributed by atoms with Crippen LogP contribution in [-0.2, 0) is 20.8 Å². The van der Waals surface area contributed by atoms with E-state index in [4.69, 9.17) is 0 Å². The average molecular weight is 398 g/mol. The number of hydrazine groups is 1. The molecule has 4 bridgehead atoms. The number of carbonyl (C=O) groups is 3. The van der Waals surface area contributed by atoms with Gasteiger partial charge in [-0.25, -0.2) is 0 Å². The molecule has 0 heterocycles. The van der Waals surface area contributed by atoms with Gasteiger partial charge in [-0.05, 0) is 67.3 Å². The molecule has 0 aliphatic heterocycles. The third-order valence-electron chi connectivity index (χ3n) is 6.92. The first-order valence-corrected chi connectivity index (χ1v) is 10.9. The van der Waals surface area contributed by atoms with Crippen LogP contribution in [0.15, 0.2) is 30.3 Å². The van der Waals surface area contributed by atoms with Gasteiger partial charge in [-0.3, -0.25) is 25.2 Å². The molecule has 6 nitrogen and oxygen atoms in total. The Labute approximate surface area is 172 Å². The molecule has 0 aromatic heterocycles. The van der Waals surface area contributed by atoms with Crippen molar-refractivity contribution in [1.82, 2.24) is 16.2 Å². The van der Waals surface area contributed by atoms with E-state index >= 15 is 0 Å². The van der Waals surface area contributed by atoms with Crippen LogP contribution in [-0.4, -0.2) is 24.3 Å². The van der Waals surface area contributed by atoms with Gasteiger partial charge in [0.25, 0.3) is 0 Å². The van der Waals surface area contributed by atoms with E-state index in [-0.39, 0.29) is 36.1 Å². The molecule has 0 radical (unpaired) electrons. The minimum absolute atomic E-state index is 0.0894. The van der Waals surface area contributed by atoms with Crippen LogP contribution in [0.4, 0.5) is 0 Å². The number of hydrogen-bond acceptors (Lipinski definition) is 3. The molecule has 156 valence electrons. The molecule has 0 atom stereocenters. The molecule has 0 unspecified atom stereocenters. The molecule has 3 amide bonds. The van der Waals surface area contributed by atoms with E-state index in [1.165, 1.54) is 38.5 Å². The number of amides is 3. The summed E-state index contributed by atoms with van der Waals surface area (Å²) >= 11 is 0. The summed E-state index contributed by atoms with van der Waals surface area (Å²) < 4.78 is 0. The molecule has 1 aromatic carbocycles. The fraction of sp³-hybridized carbons (Fsp3) is 0.609. The highest BCUT2D eigenvalue weighted by Gasteiger charge is 2.51. The molecule has 4 saturated carbocycles. The van der Waals surface area contributed by atoms with E-state index in [0.717, 1.165) is 23.3 Å². The number of nitrogens with one attached hydrogen (secondary N) is 3. The van der Waals surface area contributed by atoms with Crippen LogP contribution in [0.2, 0.25) is 0 Å². The van der Waals surface area contributed by atoms with E-state index < -0.39 is 0 Å². The van der Waals surface area contributed by atoms with Crippen LogP contribution in [0.3, 0.4) is 0 Å². The fourth-order valence-electron chi connectivity index (χ4n) is 6.25. The second-order valence-electron chi connectivity index (χ2n) is 9.45. The van der Waals surface area contributed by atoms with E-state index in [1.807, 2.05) is 30.3 Å². The topological polar surface area (TPSA) is 87.3 Å². The van der Waals surface area contributed by atoms with E-state index in [0.29, 0.717) is 12.8 Å². The van der Waals surface area contributed by atoms with Crippen molar-refractivity contribution in [2.45, 2.75) is 57.8 Å². The Hall–Kier alpha value is -2.37. The number of carbonyl (C=O) groups excluding carboxylic acids is 3. The Bertz CT molecular complexity index is 727. The van der Waals surface area contributed by atoms with Crippen LogP contribution in [0, 0.1) is 23.2 Å². The van der Waals surface area contributed by atoms with Gasteiger partial charge in [-0.1, -0.05) is 30.3 Å². The Balaban J connectivity index is 1.13. The lowest BCUT2D eigenvalue weighted by atomic mass is 9.49. The average Bonchev–Trinajstić information content (AvgIpc) is 2.66. The lowest BCUT2D eigenvalue weighted by molar-refractivity contribution is -0.134. The van der Waals surface area contributed by atoms with Crippen LogP contribution in [0.25, 0.3) is 0 Å². The Morgan fingerprint density at radius 2 is 1.41 bits per heavy atom. The first kappa shape index (κ1) is 19.9. The molecule has 4 fully saturated rings. The van der Waals surface area contributed by atoms with Crippen LogP contribution < -0.4 is 16.2 Å². The predicted octanol–water partition coefficient (Wildman–Crippen LogP) is 2.49. The van der Waals surface area contributed by atoms with Crippen molar-refractivity contribution in [3.63, 3.8) is 0 Å². The largest absolute Gasteiger partial charge is 0.355 e. The number of rotatable bonds is 7. The van der Waals surface area contributed by atoms with Crippen LogP contribution in [0.1, 0.15) is 56.9 Å². The van der Waals surface area contributed by atoms with Gasteiger partial charge in [0.15, 0.2) is 0 Å². The molecule has 3 N–H and O–H groups in total.